The Morgan fingerprint density at radius 3 is 1.79 bits per heavy atom. The molecule has 0 saturated heterocycles. The number of hydrogen-bond acceptors (Lipinski definition) is 4. The maximum atomic E-state index is 12.2. The Kier molecular flexibility index (Phi) is 7.76. The van der Waals surface area contributed by atoms with E-state index >= 15 is 0 Å². The fraction of sp³-hybridized carbons (Fsp3) is 0.391. The monoisotopic (exact) mass is 414 g/mol. The summed E-state index contributed by atoms with van der Waals surface area (Å²) >= 11 is 0. The van der Waals surface area contributed by atoms with Gasteiger partial charge < -0.3 is 14.3 Å². The molecule has 0 aliphatic heterocycles. The van der Waals surface area contributed by atoms with Gasteiger partial charge in [0, 0.05) is 0 Å². The molecule has 1 atom stereocenters. The summed E-state index contributed by atoms with van der Waals surface area (Å²) in [5, 5.41) is 11.2. The van der Waals surface area contributed by atoms with Crippen molar-refractivity contribution in [3.63, 3.8) is 0 Å². The van der Waals surface area contributed by atoms with Gasteiger partial charge in [-0.2, -0.15) is 0 Å². The van der Waals surface area contributed by atoms with Crippen LogP contribution in [0.2, 0.25) is 5.04 Å². The average Bonchev–Trinajstić information content (AvgIpc) is 2.66. The Bertz CT molecular complexity index is 760. The van der Waals surface area contributed by atoms with Crippen LogP contribution in [0.1, 0.15) is 40.5 Å². The fourth-order valence-electron chi connectivity index (χ4n) is 3.70. The molecule has 0 unspecified atom stereocenters. The SMILES string of the molecule is CCOC(=O)C[C@@H](CC(=O)O)O[Si](c1ccccc1)(c1ccccc1)C(C)(C)C. The number of hydrogen-bond donors (Lipinski definition) is 1. The van der Waals surface area contributed by atoms with Gasteiger partial charge in [-0.3, -0.25) is 9.59 Å². The van der Waals surface area contributed by atoms with Gasteiger partial charge in [0.25, 0.3) is 8.32 Å². The molecule has 0 heterocycles. The van der Waals surface area contributed by atoms with Crippen LogP contribution < -0.4 is 10.4 Å². The third kappa shape index (κ3) is 5.55. The standard InChI is InChI=1S/C23H30O5Si/c1-5-27-22(26)17-18(16-21(24)25)28-29(23(2,3)4,19-12-8-6-9-13-19)20-14-10-7-11-15-20/h6-15,18H,5,16-17H2,1-4H3,(H,24,25)/t18-/m1/s1. The second-order valence-electron chi connectivity index (χ2n) is 8.01. The third-order valence-corrected chi connectivity index (χ3v) is 9.95. The van der Waals surface area contributed by atoms with Crippen molar-refractivity contribution in [2.24, 2.45) is 0 Å². The van der Waals surface area contributed by atoms with E-state index in [4.69, 9.17) is 9.16 Å². The topological polar surface area (TPSA) is 72.8 Å². The smallest absolute Gasteiger partial charge is 0.308 e. The quantitative estimate of drug-likeness (QED) is 0.503. The molecular formula is C23H30O5Si. The van der Waals surface area contributed by atoms with Crippen molar-refractivity contribution in [1.29, 1.82) is 0 Å². The van der Waals surface area contributed by atoms with Crippen molar-refractivity contribution in [2.45, 2.75) is 51.7 Å². The van der Waals surface area contributed by atoms with Crippen LogP contribution in [0.3, 0.4) is 0 Å². The summed E-state index contributed by atoms with van der Waals surface area (Å²) in [6.07, 6.45) is -1.13. The predicted molar refractivity (Wildman–Crippen MR) is 116 cm³/mol. The zero-order chi connectivity index (χ0) is 21.5. The van der Waals surface area contributed by atoms with E-state index in [0.717, 1.165) is 10.4 Å². The minimum absolute atomic E-state index is 0.0926. The summed E-state index contributed by atoms with van der Waals surface area (Å²) in [4.78, 5) is 23.7. The molecule has 5 nitrogen and oxygen atoms in total. The summed E-state index contributed by atoms with van der Waals surface area (Å²) in [5.41, 5.74) is 0. The Morgan fingerprint density at radius 2 is 1.41 bits per heavy atom. The molecule has 2 aromatic carbocycles. The lowest BCUT2D eigenvalue weighted by molar-refractivity contribution is -0.146. The molecule has 2 aromatic rings. The van der Waals surface area contributed by atoms with Gasteiger partial charge in [0.05, 0.1) is 25.6 Å². The van der Waals surface area contributed by atoms with Gasteiger partial charge >= 0.3 is 11.9 Å². The first-order chi connectivity index (χ1) is 13.7. The molecule has 1 N–H and O–H groups in total. The largest absolute Gasteiger partial charge is 0.481 e. The number of esters is 1. The third-order valence-electron chi connectivity index (χ3n) is 4.86. The van der Waals surface area contributed by atoms with E-state index in [1.54, 1.807) is 6.92 Å². The lowest BCUT2D eigenvalue weighted by atomic mass is 10.2. The minimum atomic E-state index is -2.94. The minimum Gasteiger partial charge on any atom is -0.481 e. The molecule has 0 saturated carbocycles. The van der Waals surface area contributed by atoms with Crippen LogP contribution in [0.5, 0.6) is 0 Å². The van der Waals surface area contributed by atoms with E-state index in [9.17, 15) is 14.7 Å². The predicted octanol–water partition coefficient (Wildman–Crippen LogP) is 3.36. The highest BCUT2D eigenvalue weighted by Gasteiger charge is 2.51. The number of carboxylic acids is 1. The molecule has 6 heteroatoms. The van der Waals surface area contributed by atoms with Crippen molar-refractivity contribution >= 4 is 30.6 Å². The van der Waals surface area contributed by atoms with Gasteiger partial charge in [0.2, 0.25) is 0 Å². The molecular weight excluding hydrogens is 384 g/mol. The highest BCUT2D eigenvalue weighted by molar-refractivity contribution is 6.99. The molecule has 2 rings (SSSR count). The highest BCUT2D eigenvalue weighted by Crippen LogP contribution is 2.38. The Hall–Kier alpha value is -2.44. The molecule has 0 aliphatic carbocycles. The Balaban J connectivity index is 2.61. The van der Waals surface area contributed by atoms with Crippen LogP contribution in [0.15, 0.2) is 60.7 Å². The van der Waals surface area contributed by atoms with Gasteiger partial charge in [-0.05, 0) is 22.3 Å². The normalized spacial score (nSPS) is 13.0. The van der Waals surface area contributed by atoms with Crippen molar-refractivity contribution in [3.8, 4) is 0 Å². The first kappa shape index (κ1) is 22.8. The molecule has 0 aromatic heterocycles. The number of benzene rings is 2. The molecule has 0 aliphatic rings. The highest BCUT2D eigenvalue weighted by atomic mass is 28.4. The van der Waals surface area contributed by atoms with E-state index in [0.29, 0.717) is 0 Å². The van der Waals surface area contributed by atoms with Gasteiger partial charge in [-0.25, -0.2) is 0 Å². The van der Waals surface area contributed by atoms with Crippen LogP contribution in [0.25, 0.3) is 0 Å². The number of carboxylic acid groups (broad SMARTS) is 1. The molecule has 0 spiro atoms. The van der Waals surface area contributed by atoms with E-state index in [1.807, 2.05) is 60.7 Å². The molecule has 0 bridgehead atoms. The number of carbonyl (C=O) groups excluding carboxylic acids is 1. The van der Waals surface area contributed by atoms with Gasteiger partial charge in [0.15, 0.2) is 0 Å². The van der Waals surface area contributed by atoms with Crippen molar-refractivity contribution in [2.75, 3.05) is 6.61 Å². The second-order valence-corrected chi connectivity index (χ2v) is 12.3. The number of carbonyl (C=O) groups is 2. The van der Waals surface area contributed by atoms with Crippen LogP contribution in [0, 0.1) is 0 Å². The van der Waals surface area contributed by atoms with Crippen molar-refractivity contribution in [3.05, 3.63) is 60.7 Å². The van der Waals surface area contributed by atoms with Crippen LogP contribution in [-0.4, -0.2) is 38.1 Å². The summed E-state index contributed by atoms with van der Waals surface area (Å²) in [6.45, 7) is 8.31. The Morgan fingerprint density at radius 1 is 0.931 bits per heavy atom. The zero-order valence-corrected chi connectivity index (χ0v) is 18.6. The number of aliphatic carboxylic acids is 1. The Labute approximate surface area is 173 Å². The van der Waals surface area contributed by atoms with E-state index < -0.39 is 26.4 Å². The molecule has 29 heavy (non-hydrogen) atoms. The van der Waals surface area contributed by atoms with Crippen LogP contribution in [0.4, 0.5) is 0 Å². The van der Waals surface area contributed by atoms with Crippen molar-refractivity contribution < 1.29 is 23.9 Å². The molecule has 0 radical (unpaired) electrons. The maximum absolute atomic E-state index is 12.2. The van der Waals surface area contributed by atoms with E-state index in [1.165, 1.54) is 0 Å². The number of ether oxygens (including phenoxy) is 1. The first-order valence-electron chi connectivity index (χ1n) is 9.87. The second kappa shape index (κ2) is 9.85. The lowest BCUT2D eigenvalue weighted by Crippen LogP contribution is -2.67. The van der Waals surface area contributed by atoms with Gasteiger partial charge in [-0.15, -0.1) is 0 Å². The summed E-state index contributed by atoms with van der Waals surface area (Å²) in [7, 11) is -2.94. The van der Waals surface area contributed by atoms with Gasteiger partial charge in [0.1, 0.15) is 0 Å². The summed E-state index contributed by atoms with van der Waals surface area (Å²) < 4.78 is 11.8. The van der Waals surface area contributed by atoms with Crippen molar-refractivity contribution in [1.82, 2.24) is 0 Å². The summed E-state index contributed by atoms with van der Waals surface area (Å²) in [5.74, 6) is -1.45. The summed E-state index contributed by atoms with van der Waals surface area (Å²) in [6, 6.07) is 19.9. The maximum Gasteiger partial charge on any atom is 0.308 e. The fourth-order valence-corrected chi connectivity index (χ4v) is 8.38. The number of rotatable bonds is 9. The lowest BCUT2D eigenvalue weighted by Gasteiger charge is -2.45. The molecule has 0 fully saturated rings. The average molecular weight is 415 g/mol. The molecule has 0 amide bonds. The van der Waals surface area contributed by atoms with Crippen LogP contribution >= 0.6 is 0 Å². The van der Waals surface area contributed by atoms with Crippen LogP contribution in [-0.2, 0) is 18.8 Å². The van der Waals surface area contributed by atoms with Gasteiger partial charge in [-0.1, -0.05) is 81.4 Å². The zero-order valence-electron chi connectivity index (χ0n) is 17.6. The molecule has 156 valence electrons. The first-order valence-corrected chi connectivity index (χ1v) is 11.8. The van der Waals surface area contributed by atoms with E-state index in [-0.39, 0.29) is 24.5 Å². The van der Waals surface area contributed by atoms with E-state index in [2.05, 4.69) is 20.8 Å².